The third-order valence-corrected chi connectivity index (χ3v) is 3.84. The summed E-state index contributed by atoms with van der Waals surface area (Å²) in [5, 5.41) is 13.2. The molecule has 21 heavy (non-hydrogen) atoms. The van der Waals surface area contributed by atoms with Gasteiger partial charge in [-0.1, -0.05) is 17.7 Å². The molecule has 0 saturated heterocycles. The van der Waals surface area contributed by atoms with Crippen LogP contribution in [0.2, 0.25) is 5.02 Å². The number of amides is 1. The first-order valence-electron chi connectivity index (χ1n) is 5.59. The molecule has 0 unspecified atom stereocenters. The molecule has 0 fully saturated rings. The normalized spacial score (nSPS) is 10.2. The maximum Gasteiger partial charge on any atom is 0.274 e. The van der Waals surface area contributed by atoms with Crippen molar-refractivity contribution in [3.05, 3.63) is 67.4 Å². The number of nitro benzene ring substituents is 1. The van der Waals surface area contributed by atoms with Crippen LogP contribution < -0.4 is 5.32 Å². The number of non-ortho nitro benzene ring substituents is 1. The molecule has 8 heteroatoms. The second-order valence-corrected chi connectivity index (χ2v) is 5.24. The van der Waals surface area contributed by atoms with Crippen molar-refractivity contribution in [2.75, 3.05) is 5.32 Å². The predicted molar refractivity (Wildman–Crippen MR) is 80.2 cm³/mol. The highest BCUT2D eigenvalue weighted by Gasteiger charge is 2.15. The van der Waals surface area contributed by atoms with Gasteiger partial charge in [-0.3, -0.25) is 14.9 Å². The molecule has 5 nitrogen and oxygen atoms in total. The highest BCUT2D eigenvalue weighted by atomic mass is 79.9. The van der Waals surface area contributed by atoms with Crippen molar-refractivity contribution in [2.45, 2.75) is 0 Å². The fraction of sp³-hybridized carbons (Fsp3) is 0. The van der Waals surface area contributed by atoms with E-state index >= 15 is 0 Å². The van der Waals surface area contributed by atoms with Gasteiger partial charge in [-0.05, 0) is 34.1 Å². The molecule has 0 atom stereocenters. The van der Waals surface area contributed by atoms with Crippen LogP contribution in [-0.4, -0.2) is 10.8 Å². The van der Waals surface area contributed by atoms with Crippen molar-refractivity contribution in [1.82, 2.24) is 0 Å². The molecule has 0 aromatic heterocycles. The van der Waals surface area contributed by atoms with E-state index in [4.69, 9.17) is 11.6 Å². The molecule has 2 aromatic rings. The SMILES string of the molecule is O=C(Nc1cc(F)cc([N+](=O)[O-])c1)c1cccc(Br)c1Cl. The van der Waals surface area contributed by atoms with Crippen molar-refractivity contribution < 1.29 is 14.1 Å². The Morgan fingerprint density at radius 3 is 2.71 bits per heavy atom. The third kappa shape index (κ3) is 3.56. The van der Waals surface area contributed by atoms with Crippen LogP contribution in [0.25, 0.3) is 0 Å². The van der Waals surface area contributed by atoms with Crippen LogP contribution in [0.3, 0.4) is 0 Å². The summed E-state index contributed by atoms with van der Waals surface area (Å²) in [6.07, 6.45) is 0. The Bertz CT molecular complexity index is 739. The van der Waals surface area contributed by atoms with Crippen LogP contribution in [0.1, 0.15) is 10.4 Å². The minimum atomic E-state index is -0.820. The average molecular weight is 374 g/mol. The van der Waals surface area contributed by atoms with Gasteiger partial charge in [0, 0.05) is 10.5 Å². The minimum absolute atomic E-state index is 0.0252. The predicted octanol–water partition coefficient (Wildman–Crippen LogP) is 4.40. The first kappa shape index (κ1) is 15.4. The molecule has 1 amide bonds. The van der Waals surface area contributed by atoms with Crippen molar-refractivity contribution in [3.8, 4) is 0 Å². The van der Waals surface area contributed by atoms with E-state index in [1.807, 2.05) is 0 Å². The van der Waals surface area contributed by atoms with Gasteiger partial charge >= 0.3 is 0 Å². The molecule has 0 aliphatic heterocycles. The first-order valence-corrected chi connectivity index (χ1v) is 6.76. The van der Waals surface area contributed by atoms with E-state index in [9.17, 15) is 19.3 Å². The van der Waals surface area contributed by atoms with Crippen LogP contribution in [0, 0.1) is 15.9 Å². The smallest absolute Gasteiger partial charge is 0.274 e. The summed E-state index contributed by atoms with van der Waals surface area (Å²) in [5.41, 5.74) is -0.314. The van der Waals surface area contributed by atoms with Gasteiger partial charge < -0.3 is 5.32 Å². The number of hydrogen-bond donors (Lipinski definition) is 1. The van der Waals surface area contributed by atoms with Gasteiger partial charge in [0.05, 0.1) is 27.3 Å². The molecule has 1 N–H and O–H groups in total. The number of rotatable bonds is 3. The zero-order valence-corrected chi connectivity index (χ0v) is 12.6. The maximum absolute atomic E-state index is 13.3. The van der Waals surface area contributed by atoms with Gasteiger partial charge in [0.15, 0.2) is 0 Å². The van der Waals surface area contributed by atoms with Crippen molar-refractivity contribution in [2.24, 2.45) is 0 Å². The minimum Gasteiger partial charge on any atom is -0.322 e. The van der Waals surface area contributed by atoms with E-state index in [-0.39, 0.29) is 16.3 Å². The maximum atomic E-state index is 13.3. The molecule has 0 aliphatic carbocycles. The number of nitrogens with one attached hydrogen (secondary N) is 1. The number of benzene rings is 2. The van der Waals surface area contributed by atoms with E-state index in [0.717, 1.165) is 18.2 Å². The Labute approximate surface area is 132 Å². The lowest BCUT2D eigenvalue weighted by Crippen LogP contribution is -2.13. The molecule has 108 valence electrons. The molecular weight excluding hydrogens is 367 g/mol. The molecule has 0 heterocycles. The number of nitro groups is 1. The second kappa shape index (κ2) is 6.19. The summed E-state index contributed by atoms with van der Waals surface area (Å²) >= 11 is 9.16. The lowest BCUT2D eigenvalue weighted by Gasteiger charge is -2.08. The molecule has 0 aliphatic rings. The number of hydrogen-bond acceptors (Lipinski definition) is 3. The molecule has 0 bridgehead atoms. The molecule has 0 spiro atoms. The van der Waals surface area contributed by atoms with Gasteiger partial charge in [0.25, 0.3) is 11.6 Å². The topological polar surface area (TPSA) is 72.2 Å². The van der Waals surface area contributed by atoms with Crippen LogP contribution in [-0.2, 0) is 0 Å². The van der Waals surface area contributed by atoms with E-state index in [2.05, 4.69) is 21.2 Å². The number of carbonyl (C=O) groups excluding carboxylic acids is 1. The van der Waals surface area contributed by atoms with E-state index in [1.54, 1.807) is 12.1 Å². The largest absolute Gasteiger partial charge is 0.322 e. The number of anilines is 1. The highest BCUT2D eigenvalue weighted by molar-refractivity contribution is 9.10. The quantitative estimate of drug-likeness (QED) is 0.640. The summed E-state index contributed by atoms with van der Waals surface area (Å²) in [6.45, 7) is 0. The summed E-state index contributed by atoms with van der Waals surface area (Å²) in [5.74, 6) is -1.42. The van der Waals surface area contributed by atoms with Gasteiger partial charge in [-0.25, -0.2) is 4.39 Å². The first-order chi connectivity index (χ1) is 9.88. The standard InChI is InChI=1S/C13H7BrClFN2O3/c14-11-3-1-2-10(12(11)15)13(19)17-8-4-7(16)5-9(6-8)18(20)21/h1-6H,(H,17,19). The van der Waals surface area contributed by atoms with Gasteiger partial charge in [0.1, 0.15) is 5.82 Å². The Morgan fingerprint density at radius 1 is 1.33 bits per heavy atom. The van der Waals surface area contributed by atoms with Crippen molar-refractivity contribution in [3.63, 3.8) is 0 Å². The van der Waals surface area contributed by atoms with Crippen LogP contribution in [0.4, 0.5) is 15.8 Å². The summed E-state index contributed by atoms with van der Waals surface area (Å²) in [4.78, 5) is 22.0. The molecule has 0 radical (unpaired) electrons. The fourth-order valence-corrected chi connectivity index (χ4v) is 2.21. The second-order valence-electron chi connectivity index (χ2n) is 4.01. The third-order valence-electron chi connectivity index (χ3n) is 2.55. The Kier molecular flexibility index (Phi) is 4.54. The number of nitrogens with zero attached hydrogens (tertiary/aromatic N) is 1. The zero-order valence-electron chi connectivity index (χ0n) is 10.3. The number of halogens is 3. The van der Waals surface area contributed by atoms with Crippen LogP contribution in [0.15, 0.2) is 40.9 Å². The molecule has 2 aromatic carbocycles. The Balaban J connectivity index is 2.31. The van der Waals surface area contributed by atoms with Gasteiger partial charge in [0.2, 0.25) is 0 Å². The van der Waals surface area contributed by atoms with Gasteiger partial charge in [-0.15, -0.1) is 0 Å². The fourth-order valence-electron chi connectivity index (χ4n) is 1.63. The highest BCUT2D eigenvalue weighted by Crippen LogP contribution is 2.27. The van der Waals surface area contributed by atoms with Gasteiger partial charge in [-0.2, -0.15) is 0 Å². The van der Waals surface area contributed by atoms with Crippen LogP contribution in [0.5, 0.6) is 0 Å². The summed E-state index contributed by atoms with van der Waals surface area (Å²) in [7, 11) is 0. The van der Waals surface area contributed by atoms with Crippen LogP contribution >= 0.6 is 27.5 Å². The van der Waals surface area contributed by atoms with Crippen molar-refractivity contribution >= 4 is 44.8 Å². The average Bonchev–Trinajstić information content (AvgIpc) is 2.41. The Hall–Kier alpha value is -1.99. The zero-order chi connectivity index (χ0) is 15.6. The lowest BCUT2D eigenvalue weighted by molar-refractivity contribution is -0.385. The summed E-state index contributed by atoms with van der Waals surface area (Å²) in [6, 6.07) is 7.56. The summed E-state index contributed by atoms with van der Waals surface area (Å²) < 4.78 is 13.8. The molecular formula is C13H7BrClFN2O3. The van der Waals surface area contributed by atoms with Crippen molar-refractivity contribution in [1.29, 1.82) is 0 Å². The molecule has 0 saturated carbocycles. The van der Waals surface area contributed by atoms with E-state index < -0.39 is 22.3 Å². The number of carbonyl (C=O) groups is 1. The molecule has 2 rings (SSSR count). The van der Waals surface area contributed by atoms with E-state index in [1.165, 1.54) is 6.07 Å². The van der Waals surface area contributed by atoms with E-state index in [0.29, 0.717) is 4.47 Å². The lowest BCUT2D eigenvalue weighted by atomic mass is 10.2. The Morgan fingerprint density at radius 2 is 2.05 bits per heavy atom. The monoisotopic (exact) mass is 372 g/mol.